The summed E-state index contributed by atoms with van der Waals surface area (Å²) in [5.41, 5.74) is 7.71. The summed E-state index contributed by atoms with van der Waals surface area (Å²) in [7, 11) is 1.59. The van der Waals surface area contributed by atoms with Gasteiger partial charge in [-0.3, -0.25) is 0 Å². The summed E-state index contributed by atoms with van der Waals surface area (Å²) in [5.74, 6) is 1.27. The molecule has 0 heterocycles. The van der Waals surface area contributed by atoms with Crippen LogP contribution in [0.5, 0.6) is 11.5 Å². The molecule has 0 aliphatic rings. The third-order valence-electron chi connectivity index (χ3n) is 3.05. The summed E-state index contributed by atoms with van der Waals surface area (Å²) < 4.78 is 11.1. The minimum absolute atomic E-state index is 0.107. The minimum atomic E-state index is -0.417. The number of aliphatic hydroxyl groups excluding tert-OH is 1. The van der Waals surface area contributed by atoms with Crippen LogP contribution in [-0.4, -0.2) is 18.8 Å². The fourth-order valence-corrected chi connectivity index (χ4v) is 1.88. The van der Waals surface area contributed by atoms with Gasteiger partial charge in [0.05, 0.1) is 19.8 Å². The molecule has 4 nitrogen and oxygen atoms in total. The van der Waals surface area contributed by atoms with Crippen molar-refractivity contribution in [2.45, 2.75) is 12.6 Å². The quantitative estimate of drug-likeness (QED) is 0.847. The third kappa shape index (κ3) is 3.50. The Balaban J connectivity index is 2.16. The number of nitrogens with two attached hydrogens (primary N) is 1. The van der Waals surface area contributed by atoms with Crippen molar-refractivity contribution in [2.24, 2.45) is 5.73 Å². The zero-order chi connectivity index (χ0) is 14.4. The lowest BCUT2D eigenvalue weighted by atomic mass is 10.1. The molecule has 0 radical (unpaired) electrons. The Hall–Kier alpha value is -2.04. The minimum Gasteiger partial charge on any atom is -0.493 e. The molecule has 4 heteroatoms. The van der Waals surface area contributed by atoms with Crippen molar-refractivity contribution in [2.75, 3.05) is 13.7 Å². The number of benzene rings is 2. The van der Waals surface area contributed by atoms with E-state index >= 15 is 0 Å². The van der Waals surface area contributed by atoms with Crippen LogP contribution in [0, 0.1) is 0 Å². The maximum absolute atomic E-state index is 9.12. The summed E-state index contributed by atoms with van der Waals surface area (Å²) in [6, 6.07) is 14.9. The third-order valence-corrected chi connectivity index (χ3v) is 3.05. The Morgan fingerprint density at radius 3 is 2.50 bits per heavy atom. The molecule has 20 heavy (non-hydrogen) atoms. The fourth-order valence-electron chi connectivity index (χ4n) is 1.88. The highest BCUT2D eigenvalue weighted by atomic mass is 16.5. The smallest absolute Gasteiger partial charge is 0.161 e. The molecule has 0 amide bonds. The Morgan fingerprint density at radius 1 is 1.10 bits per heavy atom. The highest BCUT2D eigenvalue weighted by Gasteiger charge is 2.10. The first-order valence-corrected chi connectivity index (χ1v) is 6.45. The number of ether oxygens (including phenoxy) is 2. The number of rotatable bonds is 6. The zero-order valence-electron chi connectivity index (χ0n) is 11.5. The van der Waals surface area contributed by atoms with Gasteiger partial charge in [-0.05, 0) is 23.3 Å². The Kier molecular flexibility index (Phi) is 4.98. The van der Waals surface area contributed by atoms with Gasteiger partial charge in [0, 0.05) is 0 Å². The molecule has 0 saturated heterocycles. The van der Waals surface area contributed by atoms with Crippen LogP contribution >= 0.6 is 0 Å². The van der Waals surface area contributed by atoms with Crippen molar-refractivity contribution in [1.29, 1.82) is 0 Å². The topological polar surface area (TPSA) is 64.7 Å². The van der Waals surface area contributed by atoms with E-state index in [0.29, 0.717) is 18.1 Å². The van der Waals surface area contributed by atoms with Crippen molar-refractivity contribution >= 4 is 0 Å². The lowest BCUT2D eigenvalue weighted by Gasteiger charge is -2.14. The van der Waals surface area contributed by atoms with E-state index in [4.69, 9.17) is 20.3 Å². The van der Waals surface area contributed by atoms with Crippen LogP contribution in [0.4, 0.5) is 0 Å². The molecular formula is C16H19NO3. The summed E-state index contributed by atoms with van der Waals surface area (Å²) >= 11 is 0. The van der Waals surface area contributed by atoms with Gasteiger partial charge in [0.15, 0.2) is 11.5 Å². The van der Waals surface area contributed by atoms with E-state index in [-0.39, 0.29) is 6.61 Å². The largest absolute Gasteiger partial charge is 0.493 e. The molecule has 1 atom stereocenters. The van der Waals surface area contributed by atoms with E-state index in [2.05, 4.69) is 0 Å². The van der Waals surface area contributed by atoms with E-state index in [1.165, 1.54) is 0 Å². The van der Waals surface area contributed by atoms with Gasteiger partial charge in [0.25, 0.3) is 0 Å². The van der Waals surface area contributed by atoms with Gasteiger partial charge in [-0.1, -0.05) is 36.4 Å². The van der Waals surface area contributed by atoms with Gasteiger partial charge in [-0.15, -0.1) is 0 Å². The van der Waals surface area contributed by atoms with Gasteiger partial charge < -0.3 is 20.3 Å². The number of aliphatic hydroxyl groups is 1. The summed E-state index contributed by atoms with van der Waals surface area (Å²) in [5, 5.41) is 9.12. The molecule has 0 spiro atoms. The van der Waals surface area contributed by atoms with Crippen LogP contribution < -0.4 is 15.2 Å². The second kappa shape index (κ2) is 6.93. The predicted molar refractivity (Wildman–Crippen MR) is 77.8 cm³/mol. The standard InChI is InChI=1S/C16H19NO3/c1-19-15-8-7-13(14(17)10-18)9-16(15)20-11-12-5-3-2-4-6-12/h2-9,14,18H,10-11,17H2,1H3. The van der Waals surface area contributed by atoms with Gasteiger partial charge in [0.1, 0.15) is 6.61 Å². The molecule has 0 aliphatic carbocycles. The predicted octanol–water partition coefficient (Wildman–Crippen LogP) is 2.27. The SMILES string of the molecule is COc1ccc(C(N)CO)cc1OCc1ccccc1. The van der Waals surface area contributed by atoms with Gasteiger partial charge in [-0.25, -0.2) is 0 Å². The summed E-state index contributed by atoms with van der Waals surface area (Å²) in [6.45, 7) is 0.347. The van der Waals surface area contributed by atoms with Crippen molar-refractivity contribution in [3.8, 4) is 11.5 Å². The lowest BCUT2D eigenvalue weighted by Crippen LogP contribution is -2.14. The first-order chi connectivity index (χ1) is 9.74. The number of hydrogen-bond donors (Lipinski definition) is 2. The maximum atomic E-state index is 9.12. The normalized spacial score (nSPS) is 11.9. The molecule has 106 valence electrons. The molecule has 2 aromatic carbocycles. The van der Waals surface area contributed by atoms with Crippen molar-refractivity contribution in [1.82, 2.24) is 0 Å². The van der Waals surface area contributed by atoms with Gasteiger partial charge >= 0.3 is 0 Å². The molecule has 1 unspecified atom stereocenters. The number of hydrogen-bond acceptors (Lipinski definition) is 4. The second-order valence-electron chi connectivity index (χ2n) is 4.47. The lowest BCUT2D eigenvalue weighted by molar-refractivity contribution is 0.265. The van der Waals surface area contributed by atoms with Crippen molar-refractivity contribution in [3.05, 3.63) is 59.7 Å². The molecular weight excluding hydrogens is 254 g/mol. The van der Waals surface area contributed by atoms with Crippen LogP contribution in [0.2, 0.25) is 0 Å². The zero-order valence-corrected chi connectivity index (χ0v) is 11.5. The average Bonchev–Trinajstić information content (AvgIpc) is 2.52. The highest BCUT2D eigenvalue weighted by Crippen LogP contribution is 2.30. The monoisotopic (exact) mass is 273 g/mol. The Labute approximate surface area is 118 Å². The molecule has 0 bridgehead atoms. The Morgan fingerprint density at radius 2 is 1.85 bits per heavy atom. The van der Waals surface area contributed by atoms with Gasteiger partial charge in [-0.2, -0.15) is 0 Å². The van der Waals surface area contributed by atoms with E-state index in [0.717, 1.165) is 11.1 Å². The molecule has 0 saturated carbocycles. The molecule has 2 rings (SSSR count). The van der Waals surface area contributed by atoms with Crippen LogP contribution in [0.1, 0.15) is 17.2 Å². The maximum Gasteiger partial charge on any atom is 0.161 e. The molecule has 2 aromatic rings. The Bertz CT molecular complexity index is 543. The van der Waals surface area contributed by atoms with E-state index < -0.39 is 6.04 Å². The van der Waals surface area contributed by atoms with E-state index in [1.807, 2.05) is 42.5 Å². The second-order valence-corrected chi connectivity index (χ2v) is 4.47. The summed E-state index contributed by atoms with van der Waals surface area (Å²) in [6.07, 6.45) is 0. The molecule has 0 fully saturated rings. The van der Waals surface area contributed by atoms with E-state index in [9.17, 15) is 0 Å². The van der Waals surface area contributed by atoms with Crippen molar-refractivity contribution < 1.29 is 14.6 Å². The van der Waals surface area contributed by atoms with Gasteiger partial charge in [0.2, 0.25) is 0 Å². The molecule has 3 N–H and O–H groups in total. The fraction of sp³-hybridized carbons (Fsp3) is 0.250. The average molecular weight is 273 g/mol. The first-order valence-electron chi connectivity index (χ1n) is 6.45. The molecule has 0 aromatic heterocycles. The highest BCUT2D eigenvalue weighted by molar-refractivity contribution is 5.44. The molecule has 0 aliphatic heterocycles. The van der Waals surface area contributed by atoms with Crippen molar-refractivity contribution in [3.63, 3.8) is 0 Å². The summed E-state index contributed by atoms with van der Waals surface area (Å²) in [4.78, 5) is 0. The van der Waals surface area contributed by atoms with Crippen LogP contribution in [0.25, 0.3) is 0 Å². The first kappa shape index (κ1) is 14.4. The van der Waals surface area contributed by atoms with Crippen LogP contribution in [-0.2, 0) is 6.61 Å². The number of methoxy groups -OCH3 is 1. The van der Waals surface area contributed by atoms with Crippen LogP contribution in [0.15, 0.2) is 48.5 Å². The van der Waals surface area contributed by atoms with Crippen LogP contribution in [0.3, 0.4) is 0 Å². The van der Waals surface area contributed by atoms with E-state index in [1.54, 1.807) is 13.2 Å².